The lowest BCUT2D eigenvalue weighted by Gasteiger charge is -2.34. The molecule has 5 nitrogen and oxygen atoms in total. The summed E-state index contributed by atoms with van der Waals surface area (Å²) in [7, 11) is -3.01. The van der Waals surface area contributed by atoms with Gasteiger partial charge >= 0.3 is 0 Å². The number of sulfonamides is 1. The minimum absolute atomic E-state index is 0.279. The van der Waals surface area contributed by atoms with Gasteiger partial charge in [-0.05, 0) is 32.1 Å². The molecule has 0 radical (unpaired) electrons. The fraction of sp³-hybridized carbons (Fsp3) is 1.00. The largest absolute Gasteiger partial charge is 0.380 e. The summed E-state index contributed by atoms with van der Waals surface area (Å²) in [6.45, 7) is 4.91. The zero-order valence-electron chi connectivity index (χ0n) is 11.8. The van der Waals surface area contributed by atoms with E-state index in [4.69, 9.17) is 4.74 Å². The smallest absolute Gasteiger partial charge is 0.214 e. The molecule has 0 amide bonds. The molecule has 0 saturated carbocycles. The Morgan fingerprint density at radius 2 is 1.95 bits per heavy atom. The van der Waals surface area contributed by atoms with Crippen LogP contribution in [0.4, 0.5) is 0 Å². The molecule has 0 aliphatic carbocycles. The SMILES string of the molecule is CCCS(=O)(=O)N1CCC(NC2CCCOC2)CC1. The van der Waals surface area contributed by atoms with Crippen molar-refractivity contribution in [1.82, 2.24) is 9.62 Å². The Hall–Kier alpha value is -0.170. The zero-order chi connectivity index (χ0) is 13.7. The van der Waals surface area contributed by atoms with Gasteiger partial charge in [0.15, 0.2) is 0 Å². The maximum atomic E-state index is 12.0. The highest BCUT2D eigenvalue weighted by Gasteiger charge is 2.28. The van der Waals surface area contributed by atoms with Crippen LogP contribution in [0.5, 0.6) is 0 Å². The Bertz CT molecular complexity index is 358. The van der Waals surface area contributed by atoms with Crippen molar-refractivity contribution in [2.45, 2.75) is 51.1 Å². The van der Waals surface area contributed by atoms with Gasteiger partial charge in [0.1, 0.15) is 0 Å². The number of ether oxygens (including phenoxy) is 1. The number of hydrogen-bond acceptors (Lipinski definition) is 4. The number of nitrogens with zero attached hydrogens (tertiary/aromatic N) is 1. The quantitative estimate of drug-likeness (QED) is 0.819. The first-order valence-electron chi connectivity index (χ1n) is 7.43. The van der Waals surface area contributed by atoms with Crippen molar-refractivity contribution in [3.05, 3.63) is 0 Å². The molecule has 112 valence electrons. The van der Waals surface area contributed by atoms with Gasteiger partial charge in [0, 0.05) is 31.8 Å². The second-order valence-corrected chi connectivity index (χ2v) is 7.66. The van der Waals surface area contributed by atoms with E-state index in [1.807, 2.05) is 6.92 Å². The van der Waals surface area contributed by atoms with Crippen molar-refractivity contribution in [3.8, 4) is 0 Å². The van der Waals surface area contributed by atoms with Gasteiger partial charge < -0.3 is 10.1 Å². The summed E-state index contributed by atoms with van der Waals surface area (Å²) >= 11 is 0. The molecule has 2 aliphatic rings. The Morgan fingerprint density at radius 3 is 2.53 bits per heavy atom. The van der Waals surface area contributed by atoms with E-state index in [0.717, 1.165) is 32.5 Å². The van der Waals surface area contributed by atoms with Crippen molar-refractivity contribution < 1.29 is 13.2 Å². The van der Waals surface area contributed by atoms with E-state index in [2.05, 4.69) is 5.32 Å². The average Bonchev–Trinajstić information content (AvgIpc) is 2.40. The van der Waals surface area contributed by atoms with Gasteiger partial charge in [-0.1, -0.05) is 6.92 Å². The molecule has 6 heteroatoms. The molecular formula is C13H26N2O3S. The van der Waals surface area contributed by atoms with E-state index in [1.165, 1.54) is 6.42 Å². The Morgan fingerprint density at radius 1 is 1.21 bits per heavy atom. The average molecular weight is 290 g/mol. The fourth-order valence-electron chi connectivity index (χ4n) is 2.89. The topological polar surface area (TPSA) is 58.6 Å². The van der Waals surface area contributed by atoms with E-state index in [0.29, 0.717) is 31.6 Å². The van der Waals surface area contributed by atoms with Crippen LogP contribution in [0, 0.1) is 0 Å². The normalized spacial score (nSPS) is 27.5. The third kappa shape index (κ3) is 4.41. The van der Waals surface area contributed by atoms with Gasteiger partial charge in [-0.25, -0.2) is 12.7 Å². The van der Waals surface area contributed by atoms with Crippen LogP contribution in [0.2, 0.25) is 0 Å². The van der Waals surface area contributed by atoms with Crippen LogP contribution in [0.15, 0.2) is 0 Å². The second kappa shape index (κ2) is 7.02. The van der Waals surface area contributed by atoms with Crippen molar-refractivity contribution >= 4 is 10.0 Å². The van der Waals surface area contributed by atoms with E-state index in [-0.39, 0.29) is 5.75 Å². The lowest BCUT2D eigenvalue weighted by molar-refractivity contribution is 0.0634. The first kappa shape index (κ1) is 15.2. The van der Waals surface area contributed by atoms with Crippen LogP contribution in [-0.2, 0) is 14.8 Å². The van der Waals surface area contributed by atoms with E-state index < -0.39 is 10.0 Å². The third-order valence-corrected chi connectivity index (χ3v) is 6.02. The molecule has 2 fully saturated rings. The predicted octanol–water partition coefficient (Wildman–Crippen LogP) is 0.959. The van der Waals surface area contributed by atoms with Crippen molar-refractivity contribution in [1.29, 1.82) is 0 Å². The summed E-state index contributed by atoms with van der Waals surface area (Å²) in [5.74, 6) is 0.279. The van der Waals surface area contributed by atoms with Gasteiger partial charge in [-0.15, -0.1) is 0 Å². The van der Waals surface area contributed by atoms with E-state index in [1.54, 1.807) is 4.31 Å². The first-order chi connectivity index (χ1) is 9.12. The summed E-state index contributed by atoms with van der Waals surface area (Å²) in [4.78, 5) is 0. The first-order valence-corrected chi connectivity index (χ1v) is 9.04. The van der Waals surface area contributed by atoms with E-state index >= 15 is 0 Å². The molecule has 0 bridgehead atoms. The molecule has 19 heavy (non-hydrogen) atoms. The summed E-state index contributed by atoms with van der Waals surface area (Å²) < 4.78 is 31.1. The van der Waals surface area contributed by atoms with Crippen LogP contribution in [0.1, 0.15) is 39.0 Å². The van der Waals surface area contributed by atoms with Crippen molar-refractivity contribution in [2.75, 3.05) is 32.1 Å². The van der Waals surface area contributed by atoms with Gasteiger partial charge in [0.25, 0.3) is 0 Å². The summed E-state index contributed by atoms with van der Waals surface area (Å²) in [6.07, 6.45) is 4.83. The van der Waals surface area contributed by atoms with Crippen LogP contribution >= 0.6 is 0 Å². The van der Waals surface area contributed by atoms with Crippen molar-refractivity contribution in [3.63, 3.8) is 0 Å². The zero-order valence-corrected chi connectivity index (χ0v) is 12.6. The molecule has 2 heterocycles. The van der Waals surface area contributed by atoms with Gasteiger partial charge in [0.05, 0.1) is 12.4 Å². The number of rotatable bonds is 5. The monoisotopic (exact) mass is 290 g/mol. The number of nitrogens with one attached hydrogen (secondary N) is 1. The number of hydrogen-bond donors (Lipinski definition) is 1. The molecule has 0 aromatic rings. The van der Waals surface area contributed by atoms with Crippen LogP contribution in [0.3, 0.4) is 0 Å². The fourth-order valence-corrected chi connectivity index (χ4v) is 4.43. The van der Waals surface area contributed by atoms with Gasteiger partial charge in [-0.3, -0.25) is 0 Å². The maximum absolute atomic E-state index is 12.0. The molecule has 0 aromatic heterocycles. The lowest BCUT2D eigenvalue weighted by atomic mass is 10.0. The molecule has 1 N–H and O–H groups in total. The van der Waals surface area contributed by atoms with Crippen LogP contribution in [-0.4, -0.2) is 56.9 Å². The standard InChI is InChI=1S/C13H26N2O3S/c1-2-10-19(16,17)15-7-5-12(6-8-15)14-13-4-3-9-18-11-13/h12-14H,2-11H2,1H3. The summed E-state index contributed by atoms with van der Waals surface area (Å²) in [6, 6.07) is 0.900. The second-order valence-electron chi connectivity index (χ2n) is 5.57. The van der Waals surface area contributed by atoms with Gasteiger partial charge in [0.2, 0.25) is 10.0 Å². The lowest BCUT2D eigenvalue weighted by Crippen LogP contribution is -2.49. The highest BCUT2D eigenvalue weighted by atomic mass is 32.2. The molecule has 0 spiro atoms. The van der Waals surface area contributed by atoms with Crippen molar-refractivity contribution in [2.24, 2.45) is 0 Å². The van der Waals surface area contributed by atoms with E-state index in [9.17, 15) is 8.42 Å². The molecule has 2 saturated heterocycles. The summed E-state index contributed by atoms with van der Waals surface area (Å²) in [5.41, 5.74) is 0. The highest BCUT2D eigenvalue weighted by Crippen LogP contribution is 2.17. The molecule has 2 rings (SSSR count). The Labute approximate surface area is 116 Å². The third-order valence-electron chi connectivity index (χ3n) is 3.94. The highest BCUT2D eigenvalue weighted by molar-refractivity contribution is 7.89. The summed E-state index contributed by atoms with van der Waals surface area (Å²) in [5, 5.41) is 3.62. The maximum Gasteiger partial charge on any atom is 0.214 e. The van der Waals surface area contributed by atoms with Crippen LogP contribution in [0.25, 0.3) is 0 Å². The van der Waals surface area contributed by atoms with Gasteiger partial charge in [-0.2, -0.15) is 0 Å². The molecule has 1 unspecified atom stereocenters. The Kier molecular flexibility index (Phi) is 5.62. The number of piperidine rings is 1. The minimum atomic E-state index is -3.01. The molecule has 0 aromatic carbocycles. The molecule has 2 aliphatic heterocycles. The Balaban J connectivity index is 1.75. The predicted molar refractivity (Wildman–Crippen MR) is 75.6 cm³/mol. The minimum Gasteiger partial charge on any atom is -0.380 e. The molecule has 1 atom stereocenters. The molecular weight excluding hydrogens is 264 g/mol. The van der Waals surface area contributed by atoms with Crippen LogP contribution < -0.4 is 5.32 Å².